The first kappa shape index (κ1) is 20.3. The fourth-order valence-electron chi connectivity index (χ4n) is 2.78. The highest BCUT2D eigenvalue weighted by molar-refractivity contribution is 7.89. The summed E-state index contributed by atoms with van der Waals surface area (Å²) >= 11 is 5.86. The van der Waals surface area contributed by atoms with Crippen LogP contribution in [-0.2, 0) is 10.0 Å². The number of sulfonamides is 1. The Kier molecular flexibility index (Phi) is 6.65. The Bertz CT molecular complexity index is 904. The van der Waals surface area contributed by atoms with E-state index in [1.807, 2.05) is 4.90 Å². The second kappa shape index (κ2) is 9.18. The number of hydrogen-bond acceptors (Lipinski definition) is 6. The van der Waals surface area contributed by atoms with Crippen molar-refractivity contribution in [3.05, 3.63) is 47.7 Å². The number of nitrogens with one attached hydrogen (secondary N) is 2. The molecule has 2 amide bonds. The van der Waals surface area contributed by atoms with Gasteiger partial charge in [-0.05, 0) is 24.3 Å². The average Bonchev–Trinajstić information content (AvgIpc) is 2.68. The van der Waals surface area contributed by atoms with Crippen molar-refractivity contribution in [1.29, 1.82) is 0 Å². The number of piperazine rings is 1. The molecule has 3 rings (SSSR count). The summed E-state index contributed by atoms with van der Waals surface area (Å²) in [6.07, 6.45) is 3.32. The largest absolute Gasteiger partial charge is 0.338 e. The standard InChI is InChI=1S/C17H21ClN6O3S/c18-14-3-1-4-15(13-14)22-17(25)21-7-12-28(26,27)24-10-8-23(9-11-24)16-19-5-2-6-20-16/h1-6,13H,7-12H2,(H2,21,22,25). The van der Waals surface area contributed by atoms with Gasteiger partial charge in [-0.15, -0.1) is 0 Å². The van der Waals surface area contributed by atoms with Crippen molar-refractivity contribution in [3.63, 3.8) is 0 Å². The summed E-state index contributed by atoms with van der Waals surface area (Å²) in [7, 11) is -3.46. The molecule has 9 nitrogen and oxygen atoms in total. The summed E-state index contributed by atoms with van der Waals surface area (Å²) in [6.45, 7) is 1.76. The highest BCUT2D eigenvalue weighted by Gasteiger charge is 2.27. The lowest BCUT2D eigenvalue weighted by Gasteiger charge is -2.33. The van der Waals surface area contributed by atoms with Crippen molar-refractivity contribution < 1.29 is 13.2 Å². The van der Waals surface area contributed by atoms with E-state index in [0.29, 0.717) is 42.8 Å². The average molecular weight is 425 g/mol. The number of hydrogen-bond donors (Lipinski definition) is 2. The molecule has 1 aliphatic heterocycles. The third-order valence-corrected chi connectivity index (χ3v) is 6.30. The fraction of sp³-hybridized carbons (Fsp3) is 0.353. The van der Waals surface area contributed by atoms with Gasteiger partial charge in [-0.2, -0.15) is 4.31 Å². The van der Waals surface area contributed by atoms with Gasteiger partial charge >= 0.3 is 6.03 Å². The van der Waals surface area contributed by atoms with E-state index in [1.165, 1.54) is 4.31 Å². The van der Waals surface area contributed by atoms with Crippen LogP contribution in [0, 0.1) is 0 Å². The maximum Gasteiger partial charge on any atom is 0.319 e. The minimum absolute atomic E-state index is 0.0107. The first-order chi connectivity index (χ1) is 13.4. The molecule has 2 heterocycles. The highest BCUT2D eigenvalue weighted by Crippen LogP contribution is 2.15. The van der Waals surface area contributed by atoms with E-state index in [0.717, 1.165) is 0 Å². The SMILES string of the molecule is O=C(NCCS(=O)(=O)N1CCN(c2ncccn2)CC1)Nc1cccc(Cl)c1. The minimum Gasteiger partial charge on any atom is -0.338 e. The number of carbonyl (C=O) groups excluding carboxylic acids is 1. The smallest absolute Gasteiger partial charge is 0.319 e. The van der Waals surface area contributed by atoms with Gasteiger partial charge in [0.15, 0.2) is 0 Å². The molecule has 1 aromatic carbocycles. The molecule has 0 saturated carbocycles. The van der Waals surface area contributed by atoms with Gasteiger partial charge in [0.25, 0.3) is 0 Å². The van der Waals surface area contributed by atoms with Crippen LogP contribution in [0.4, 0.5) is 16.4 Å². The summed E-state index contributed by atoms with van der Waals surface area (Å²) in [5.74, 6) is 0.427. The molecule has 2 N–H and O–H groups in total. The van der Waals surface area contributed by atoms with Crippen LogP contribution in [0.3, 0.4) is 0 Å². The molecule has 11 heteroatoms. The van der Waals surface area contributed by atoms with E-state index in [2.05, 4.69) is 20.6 Å². The maximum absolute atomic E-state index is 12.5. The number of aromatic nitrogens is 2. The normalized spacial score (nSPS) is 15.2. The van der Waals surface area contributed by atoms with E-state index in [4.69, 9.17) is 11.6 Å². The van der Waals surface area contributed by atoms with E-state index in [1.54, 1.807) is 42.7 Å². The lowest BCUT2D eigenvalue weighted by Crippen LogP contribution is -2.50. The Morgan fingerprint density at radius 1 is 1.11 bits per heavy atom. The van der Waals surface area contributed by atoms with Crippen molar-refractivity contribution in [2.24, 2.45) is 0 Å². The minimum atomic E-state index is -3.46. The number of anilines is 2. The lowest BCUT2D eigenvalue weighted by molar-refractivity contribution is 0.252. The summed E-state index contributed by atoms with van der Waals surface area (Å²) < 4.78 is 26.4. The summed E-state index contributed by atoms with van der Waals surface area (Å²) in [5, 5.41) is 5.66. The van der Waals surface area contributed by atoms with Gasteiger partial charge in [0.2, 0.25) is 16.0 Å². The van der Waals surface area contributed by atoms with Crippen LogP contribution in [0.15, 0.2) is 42.7 Å². The summed E-state index contributed by atoms with van der Waals surface area (Å²) in [6, 6.07) is 7.96. The predicted octanol–water partition coefficient (Wildman–Crippen LogP) is 1.40. The highest BCUT2D eigenvalue weighted by atomic mass is 35.5. The van der Waals surface area contributed by atoms with Crippen molar-refractivity contribution in [2.45, 2.75) is 0 Å². The van der Waals surface area contributed by atoms with Crippen LogP contribution in [0.1, 0.15) is 0 Å². The van der Waals surface area contributed by atoms with Gasteiger partial charge in [-0.1, -0.05) is 17.7 Å². The Morgan fingerprint density at radius 3 is 2.50 bits per heavy atom. The maximum atomic E-state index is 12.5. The van der Waals surface area contributed by atoms with Gasteiger partial charge in [0, 0.05) is 55.8 Å². The zero-order valence-corrected chi connectivity index (χ0v) is 16.7. The molecule has 0 spiro atoms. The molecule has 1 saturated heterocycles. The zero-order chi connectivity index (χ0) is 20.0. The quantitative estimate of drug-likeness (QED) is 0.725. The molecule has 0 aliphatic carbocycles. The molecule has 1 aliphatic rings. The molecule has 2 aromatic rings. The number of benzene rings is 1. The second-order valence-electron chi connectivity index (χ2n) is 6.14. The van der Waals surface area contributed by atoms with E-state index >= 15 is 0 Å². The molecule has 28 heavy (non-hydrogen) atoms. The topological polar surface area (TPSA) is 108 Å². The monoisotopic (exact) mass is 424 g/mol. The van der Waals surface area contributed by atoms with Gasteiger partial charge in [0.05, 0.1) is 5.75 Å². The Hall–Kier alpha value is -2.43. The second-order valence-corrected chi connectivity index (χ2v) is 8.67. The molecule has 0 atom stereocenters. The van der Waals surface area contributed by atoms with Gasteiger partial charge in [-0.25, -0.2) is 23.2 Å². The number of amides is 2. The first-order valence-electron chi connectivity index (χ1n) is 8.74. The van der Waals surface area contributed by atoms with Crippen LogP contribution >= 0.6 is 11.6 Å². The number of rotatable bonds is 6. The van der Waals surface area contributed by atoms with E-state index in [-0.39, 0.29) is 12.3 Å². The molecule has 0 unspecified atom stereocenters. The van der Waals surface area contributed by atoms with Crippen molar-refractivity contribution in [2.75, 3.05) is 48.7 Å². The summed E-state index contributed by atoms with van der Waals surface area (Å²) in [4.78, 5) is 22.2. The van der Waals surface area contributed by atoms with Gasteiger partial charge in [-0.3, -0.25) is 0 Å². The van der Waals surface area contributed by atoms with E-state index < -0.39 is 16.1 Å². The molecule has 1 fully saturated rings. The zero-order valence-electron chi connectivity index (χ0n) is 15.1. The number of nitrogens with zero attached hydrogens (tertiary/aromatic N) is 4. The van der Waals surface area contributed by atoms with Crippen molar-refractivity contribution >= 4 is 39.3 Å². The Morgan fingerprint density at radius 2 is 1.82 bits per heavy atom. The lowest BCUT2D eigenvalue weighted by atomic mass is 10.3. The first-order valence-corrected chi connectivity index (χ1v) is 10.7. The molecular formula is C17H21ClN6O3S. The number of halogens is 1. The fourth-order valence-corrected chi connectivity index (χ4v) is 4.31. The van der Waals surface area contributed by atoms with E-state index in [9.17, 15) is 13.2 Å². The van der Waals surface area contributed by atoms with Crippen molar-refractivity contribution in [1.82, 2.24) is 19.6 Å². The molecule has 1 aromatic heterocycles. The van der Waals surface area contributed by atoms with Crippen LogP contribution in [0.25, 0.3) is 0 Å². The molecule has 150 valence electrons. The van der Waals surface area contributed by atoms with Gasteiger partial charge in [0.1, 0.15) is 0 Å². The Labute approximate surface area is 168 Å². The summed E-state index contributed by atoms with van der Waals surface area (Å²) in [5.41, 5.74) is 0.534. The number of carbonyl (C=O) groups is 1. The van der Waals surface area contributed by atoms with Crippen LogP contribution in [0.5, 0.6) is 0 Å². The predicted molar refractivity (Wildman–Crippen MR) is 108 cm³/mol. The van der Waals surface area contributed by atoms with Crippen LogP contribution in [0.2, 0.25) is 5.02 Å². The van der Waals surface area contributed by atoms with Crippen LogP contribution < -0.4 is 15.5 Å². The molecular weight excluding hydrogens is 404 g/mol. The third kappa shape index (κ3) is 5.54. The van der Waals surface area contributed by atoms with Crippen LogP contribution in [-0.4, -0.2) is 67.2 Å². The molecule has 0 bridgehead atoms. The van der Waals surface area contributed by atoms with Crippen molar-refractivity contribution in [3.8, 4) is 0 Å². The third-order valence-electron chi connectivity index (χ3n) is 4.20. The Balaban J connectivity index is 1.43. The molecule has 0 radical (unpaired) electrons. The number of urea groups is 1. The van der Waals surface area contributed by atoms with Gasteiger partial charge < -0.3 is 15.5 Å².